The Kier molecular flexibility index (Phi) is 2.21. The van der Waals surface area contributed by atoms with Crippen molar-refractivity contribution < 1.29 is 4.74 Å². The van der Waals surface area contributed by atoms with Crippen LogP contribution in [0.3, 0.4) is 0 Å². The summed E-state index contributed by atoms with van der Waals surface area (Å²) in [5.41, 5.74) is 0. The van der Waals surface area contributed by atoms with Gasteiger partial charge in [0.1, 0.15) is 0 Å². The second kappa shape index (κ2) is 2.97. The molecular formula is C5H9NOS. The highest BCUT2D eigenvalue weighted by atomic mass is 32.2. The second-order valence-corrected chi connectivity index (χ2v) is 2.31. The molecule has 1 heterocycles. The summed E-state index contributed by atoms with van der Waals surface area (Å²) in [6.07, 6.45) is 3.05. The molecule has 0 saturated heterocycles. The Morgan fingerprint density at radius 1 is 1.75 bits per heavy atom. The second-order valence-electron chi connectivity index (χ2n) is 1.55. The minimum absolute atomic E-state index is 0.844. The van der Waals surface area contributed by atoms with Gasteiger partial charge >= 0.3 is 0 Å². The van der Waals surface area contributed by atoms with Gasteiger partial charge in [-0.05, 0) is 6.26 Å². The molecule has 1 aliphatic rings. The summed E-state index contributed by atoms with van der Waals surface area (Å²) in [5.74, 6) is 0. The maximum Gasteiger partial charge on any atom is 0.245 e. The Morgan fingerprint density at radius 2 is 2.62 bits per heavy atom. The lowest BCUT2D eigenvalue weighted by atomic mass is 10.4. The van der Waals surface area contributed by atoms with E-state index in [-0.39, 0.29) is 0 Å². The van der Waals surface area contributed by atoms with E-state index in [0.717, 1.165) is 24.8 Å². The minimum Gasteiger partial charge on any atom is -0.473 e. The molecule has 1 aliphatic heterocycles. The van der Waals surface area contributed by atoms with Crippen LogP contribution in [0.15, 0.2) is 4.99 Å². The van der Waals surface area contributed by atoms with Crippen LogP contribution in [0.5, 0.6) is 0 Å². The molecule has 0 bridgehead atoms. The molecule has 0 atom stereocenters. The molecule has 8 heavy (non-hydrogen) atoms. The van der Waals surface area contributed by atoms with Gasteiger partial charge in [-0.2, -0.15) is 0 Å². The summed E-state index contributed by atoms with van der Waals surface area (Å²) in [6, 6.07) is 0. The molecule has 46 valence electrons. The van der Waals surface area contributed by atoms with Gasteiger partial charge in [-0.1, -0.05) is 11.8 Å². The van der Waals surface area contributed by atoms with Crippen molar-refractivity contribution >= 4 is 17.0 Å². The van der Waals surface area contributed by atoms with Crippen molar-refractivity contribution in [3.05, 3.63) is 0 Å². The summed E-state index contributed by atoms with van der Waals surface area (Å²) in [4.78, 5) is 4.11. The van der Waals surface area contributed by atoms with Gasteiger partial charge in [0.05, 0.1) is 6.61 Å². The Balaban J connectivity index is 2.37. The van der Waals surface area contributed by atoms with Crippen molar-refractivity contribution in [3.63, 3.8) is 0 Å². The number of nitrogens with zero attached hydrogens (tertiary/aromatic N) is 1. The van der Waals surface area contributed by atoms with E-state index in [1.807, 2.05) is 6.26 Å². The van der Waals surface area contributed by atoms with E-state index in [2.05, 4.69) is 4.99 Å². The van der Waals surface area contributed by atoms with Gasteiger partial charge in [-0.15, -0.1) is 0 Å². The molecular weight excluding hydrogens is 122 g/mol. The molecule has 0 saturated carbocycles. The van der Waals surface area contributed by atoms with Crippen LogP contribution in [-0.2, 0) is 4.74 Å². The maximum absolute atomic E-state index is 5.14. The molecule has 0 aromatic heterocycles. The molecule has 0 aliphatic carbocycles. The Morgan fingerprint density at radius 3 is 3.00 bits per heavy atom. The molecule has 3 heteroatoms. The van der Waals surface area contributed by atoms with Crippen molar-refractivity contribution in [2.24, 2.45) is 4.99 Å². The van der Waals surface area contributed by atoms with Gasteiger partial charge in [0, 0.05) is 13.0 Å². The van der Waals surface area contributed by atoms with Gasteiger partial charge in [-0.25, -0.2) is 4.99 Å². The molecule has 2 nitrogen and oxygen atoms in total. The van der Waals surface area contributed by atoms with Crippen LogP contribution in [0.4, 0.5) is 0 Å². The third-order valence-electron chi connectivity index (χ3n) is 0.944. The first-order valence-corrected chi connectivity index (χ1v) is 3.87. The monoisotopic (exact) mass is 131 g/mol. The van der Waals surface area contributed by atoms with E-state index >= 15 is 0 Å². The van der Waals surface area contributed by atoms with E-state index in [4.69, 9.17) is 4.74 Å². The van der Waals surface area contributed by atoms with Crippen LogP contribution in [-0.4, -0.2) is 24.6 Å². The first-order valence-electron chi connectivity index (χ1n) is 2.65. The molecule has 0 aromatic rings. The van der Waals surface area contributed by atoms with Crippen LogP contribution >= 0.6 is 11.8 Å². The van der Waals surface area contributed by atoms with Crippen molar-refractivity contribution in [1.29, 1.82) is 0 Å². The smallest absolute Gasteiger partial charge is 0.245 e. The standard InChI is InChI=1S/C5H9NOS/c1-8-5-6-3-2-4-7-5/h2-4H2,1H3. The van der Waals surface area contributed by atoms with Gasteiger partial charge in [0.25, 0.3) is 0 Å². The van der Waals surface area contributed by atoms with Crippen LogP contribution in [0, 0.1) is 0 Å². The summed E-state index contributed by atoms with van der Waals surface area (Å²) in [6.45, 7) is 1.79. The average Bonchev–Trinajstić information content (AvgIpc) is 1.90. The fourth-order valence-electron chi connectivity index (χ4n) is 0.563. The number of hydrogen-bond acceptors (Lipinski definition) is 3. The van der Waals surface area contributed by atoms with Crippen LogP contribution < -0.4 is 0 Å². The highest BCUT2D eigenvalue weighted by molar-refractivity contribution is 8.12. The highest BCUT2D eigenvalue weighted by Gasteiger charge is 2.01. The van der Waals surface area contributed by atoms with Gasteiger partial charge in [-0.3, -0.25) is 0 Å². The minimum atomic E-state index is 0.844. The summed E-state index contributed by atoms with van der Waals surface area (Å²) < 4.78 is 5.14. The zero-order valence-corrected chi connectivity index (χ0v) is 5.70. The number of ether oxygens (including phenoxy) is 1. The first-order chi connectivity index (χ1) is 3.93. The van der Waals surface area contributed by atoms with Crippen molar-refractivity contribution in [3.8, 4) is 0 Å². The van der Waals surface area contributed by atoms with E-state index in [1.54, 1.807) is 11.8 Å². The Bertz CT molecular complexity index is 103. The summed E-state index contributed by atoms with van der Waals surface area (Å²) in [7, 11) is 0. The third kappa shape index (κ3) is 1.40. The van der Waals surface area contributed by atoms with Gasteiger partial charge in [0.15, 0.2) is 0 Å². The van der Waals surface area contributed by atoms with E-state index < -0.39 is 0 Å². The summed E-state index contributed by atoms with van der Waals surface area (Å²) >= 11 is 1.57. The Hall–Kier alpha value is -0.180. The number of rotatable bonds is 0. The lowest BCUT2D eigenvalue weighted by Crippen LogP contribution is -2.09. The Labute approximate surface area is 53.3 Å². The van der Waals surface area contributed by atoms with Crippen LogP contribution in [0.2, 0.25) is 0 Å². The molecule has 0 aromatic carbocycles. The summed E-state index contributed by atoms with van der Waals surface area (Å²) in [5, 5.41) is 0.844. The van der Waals surface area contributed by atoms with Crippen LogP contribution in [0.1, 0.15) is 6.42 Å². The SMILES string of the molecule is CSC1=NCCCO1. The molecule has 0 fully saturated rings. The highest BCUT2D eigenvalue weighted by Crippen LogP contribution is 2.05. The van der Waals surface area contributed by atoms with Crippen molar-refractivity contribution in [2.75, 3.05) is 19.4 Å². The molecule has 1 rings (SSSR count). The maximum atomic E-state index is 5.14. The predicted octanol–water partition coefficient (Wildman–Crippen LogP) is 1.13. The topological polar surface area (TPSA) is 21.6 Å². The van der Waals surface area contributed by atoms with Gasteiger partial charge in [0.2, 0.25) is 5.23 Å². The number of aliphatic imine (C=N–C) groups is 1. The van der Waals surface area contributed by atoms with Crippen molar-refractivity contribution in [2.45, 2.75) is 6.42 Å². The lowest BCUT2D eigenvalue weighted by Gasteiger charge is -2.09. The number of hydrogen-bond donors (Lipinski definition) is 0. The molecule has 0 amide bonds. The average molecular weight is 131 g/mol. The molecule has 0 radical (unpaired) electrons. The van der Waals surface area contributed by atoms with E-state index in [1.165, 1.54) is 0 Å². The molecule has 0 unspecified atom stereocenters. The molecule has 0 spiro atoms. The van der Waals surface area contributed by atoms with Crippen LogP contribution in [0.25, 0.3) is 0 Å². The quantitative estimate of drug-likeness (QED) is 0.491. The van der Waals surface area contributed by atoms with E-state index in [0.29, 0.717) is 0 Å². The fraction of sp³-hybridized carbons (Fsp3) is 0.800. The zero-order valence-electron chi connectivity index (χ0n) is 4.89. The zero-order chi connectivity index (χ0) is 5.82. The van der Waals surface area contributed by atoms with Gasteiger partial charge < -0.3 is 4.74 Å². The predicted molar refractivity (Wildman–Crippen MR) is 36.4 cm³/mol. The fourth-order valence-corrected chi connectivity index (χ4v) is 0.985. The van der Waals surface area contributed by atoms with Crippen molar-refractivity contribution in [1.82, 2.24) is 0 Å². The van der Waals surface area contributed by atoms with E-state index in [9.17, 15) is 0 Å². The largest absolute Gasteiger partial charge is 0.473 e. The third-order valence-corrected chi connectivity index (χ3v) is 1.54. The lowest BCUT2D eigenvalue weighted by molar-refractivity contribution is 0.293. The normalized spacial score (nSPS) is 19.4. The first kappa shape index (κ1) is 5.95. The molecule has 0 N–H and O–H groups in total. The number of thioether (sulfide) groups is 1.